The molecular formula is C34H39F2N4O4-. The number of ether oxygens (including phenoxy) is 2. The molecule has 8 nitrogen and oxygen atoms in total. The van der Waals surface area contributed by atoms with Gasteiger partial charge in [0.15, 0.2) is 11.6 Å². The summed E-state index contributed by atoms with van der Waals surface area (Å²) < 4.78 is 41.1. The fraction of sp³-hybridized carbons (Fsp3) is 0.500. The van der Waals surface area contributed by atoms with Gasteiger partial charge >= 0.3 is 0 Å². The van der Waals surface area contributed by atoms with Crippen molar-refractivity contribution in [3.63, 3.8) is 0 Å². The molecule has 3 aliphatic heterocycles. The number of carbonyl (C=O) groups is 1. The monoisotopic (exact) mass is 605 g/mol. The number of aromatic nitrogens is 2. The van der Waals surface area contributed by atoms with E-state index in [2.05, 4.69) is 9.88 Å². The van der Waals surface area contributed by atoms with Gasteiger partial charge < -0.3 is 29.2 Å². The van der Waals surface area contributed by atoms with Crippen LogP contribution < -0.4 is 14.7 Å². The Hall–Kier alpha value is -3.63. The number of benzene rings is 1. The third-order valence-electron chi connectivity index (χ3n) is 9.31. The second-order valence-corrected chi connectivity index (χ2v) is 12.3. The third-order valence-corrected chi connectivity index (χ3v) is 9.31. The van der Waals surface area contributed by atoms with Crippen LogP contribution in [-0.2, 0) is 16.1 Å². The molecule has 1 atom stereocenters. The summed E-state index contributed by atoms with van der Waals surface area (Å²) in [5.41, 5.74) is 3.33. The molecule has 0 N–H and O–H groups in total. The zero-order valence-electron chi connectivity index (χ0n) is 25.1. The van der Waals surface area contributed by atoms with E-state index in [4.69, 9.17) is 14.5 Å². The molecule has 0 bridgehead atoms. The van der Waals surface area contributed by atoms with Crippen molar-refractivity contribution in [1.29, 1.82) is 0 Å². The summed E-state index contributed by atoms with van der Waals surface area (Å²) in [6, 6.07) is 11.4. The van der Waals surface area contributed by atoms with Crippen molar-refractivity contribution < 1.29 is 28.2 Å². The van der Waals surface area contributed by atoms with Crippen molar-refractivity contribution in [2.75, 3.05) is 50.8 Å². The molecule has 0 amide bonds. The number of carboxylic acids is 1. The number of piperidine rings is 2. The molecular weight excluding hydrogens is 566 g/mol. The number of carbonyl (C=O) groups excluding carboxylic acids is 1. The van der Waals surface area contributed by atoms with Crippen molar-refractivity contribution in [1.82, 2.24) is 14.9 Å². The van der Waals surface area contributed by atoms with Gasteiger partial charge in [-0.15, -0.1) is 0 Å². The van der Waals surface area contributed by atoms with Crippen LogP contribution in [0.2, 0.25) is 0 Å². The van der Waals surface area contributed by atoms with Crippen LogP contribution in [0.4, 0.5) is 14.6 Å². The number of aryl methyl sites for hydroxylation is 1. The second kappa shape index (κ2) is 13.6. The van der Waals surface area contributed by atoms with Gasteiger partial charge in [-0.1, -0.05) is 12.1 Å². The summed E-state index contributed by atoms with van der Waals surface area (Å²) in [5.74, 6) is -1.44. The number of anilines is 1. The Morgan fingerprint density at radius 2 is 1.82 bits per heavy atom. The van der Waals surface area contributed by atoms with Crippen LogP contribution in [0, 0.1) is 30.4 Å². The molecule has 3 saturated heterocycles. The Bertz CT molecular complexity index is 1470. The fourth-order valence-electron chi connectivity index (χ4n) is 6.63. The Kier molecular flexibility index (Phi) is 9.37. The first-order chi connectivity index (χ1) is 21.3. The zero-order valence-corrected chi connectivity index (χ0v) is 25.1. The van der Waals surface area contributed by atoms with E-state index < -0.39 is 23.5 Å². The average Bonchev–Trinajstić information content (AvgIpc) is 3.54. The predicted molar refractivity (Wildman–Crippen MR) is 160 cm³/mol. The normalized spacial score (nSPS) is 20.2. The number of pyridine rings is 2. The smallest absolute Gasteiger partial charge is 0.168 e. The molecule has 1 aromatic carbocycles. The third kappa shape index (κ3) is 7.02. The second-order valence-electron chi connectivity index (χ2n) is 12.3. The molecule has 0 radical (unpaired) electrons. The number of hydrogen-bond acceptors (Lipinski definition) is 8. The van der Waals surface area contributed by atoms with Gasteiger partial charge in [0.1, 0.15) is 18.2 Å². The number of carboxylic acid groups (broad SMARTS) is 1. The minimum Gasteiger partial charge on any atom is -0.550 e. The van der Waals surface area contributed by atoms with Crippen molar-refractivity contribution in [3.05, 3.63) is 71.1 Å². The summed E-state index contributed by atoms with van der Waals surface area (Å²) in [7, 11) is 0. The molecule has 234 valence electrons. The average molecular weight is 606 g/mol. The van der Waals surface area contributed by atoms with Crippen molar-refractivity contribution in [2.24, 2.45) is 11.8 Å². The predicted octanol–water partition coefficient (Wildman–Crippen LogP) is 4.49. The van der Waals surface area contributed by atoms with E-state index >= 15 is 4.39 Å². The van der Waals surface area contributed by atoms with E-state index in [0.717, 1.165) is 75.1 Å². The van der Waals surface area contributed by atoms with Crippen LogP contribution in [0.1, 0.15) is 55.0 Å². The lowest BCUT2D eigenvalue weighted by Crippen LogP contribution is -2.41. The first-order valence-corrected chi connectivity index (χ1v) is 15.7. The van der Waals surface area contributed by atoms with Gasteiger partial charge in [0.25, 0.3) is 0 Å². The Balaban J connectivity index is 1.12. The lowest BCUT2D eigenvalue weighted by Gasteiger charge is -2.33. The lowest BCUT2D eigenvalue weighted by atomic mass is 9.92. The Morgan fingerprint density at radius 1 is 1.02 bits per heavy atom. The number of nitrogens with zero attached hydrogens (tertiary/aromatic N) is 4. The van der Waals surface area contributed by atoms with Gasteiger partial charge in [-0.3, -0.25) is 4.98 Å². The first-order valence-electron chi connectivity index (χ1n) is 15.7. The Morgan fingerprint density at radius 3 is 2.52 bits per heavy atom. The minimum absolute atomic E-state index is 0.0739. The van der Waals surface area contributed by atoms with E-state index in [0.29, 0.717) is 49.3 Å². The minimum atomic E-state index is -1.03. The molecule has 44 heavy (non-hydrogen) atoms. The highest BCUT2D eigenvalue weighted by Gasteiger charge is 2.26. The molecule has 10 heteroatoms. The highest BCUT2D eigenvalue weighted by atomic mass is 19.1. The van der Waals surface area contributed by atoms with Gasteiger partial charge in [0.2, 0.25) is 0 Å². The first kappa shape index (κ1) is 30.4. The van der Waals surface area contributed by atoms with Crippen LogP contribution in [0.3, 0.4) is 0 Å². The van der Waals surface area contributed by atoms with E-state index in [1.165, 1.54) is 6.07 Å². The van der Waals surface area contributed by atoms with E-state index in [1.54, 1.807) is 12.1 Å². The molecule has 0 spiro atoms. The molecule has 6 rings (SSSR count). The summed E-state index contributed by atoms with van der Waals surface area (Å²) in [6.45, 7) is 8.03. The fourth-order valence-corrected chi connectivity index (χ4v) is 6.63. The quantitative estimate of drug-likeness (QED) is 0.353. The van der Waals surface area contributed by atoms with Crippen LogP contribution in [-0.4, -0.2) is 66.8 Å². The van der Waals surface area contributed by atoms with Crippen LogP contribution in [0.25, 0.3) is 11.3 Å². The molecule has 2 aromatic heterocycles. The van der Waals surface area contributed by atoms with E-state index in [-0.39, 0.29) is 17.9 Å². The standard InChI is InChI=1S/C34H40F2N4O4/c1-22-26(5-6-30(37-22)24-7-12-39(13-8-24)19-23-11-16-43-20-23)21-44-33-28(17-27(35)18-29(33)36)31-3-2-4-32(38-31)40-14-9-25(10-15-40)34(41)42/h2-6,17-18,23-25H,7-16,19-21H2,1H3,(H,41,42)/p-1. The zero-order chi connectivity index (χ0) is 30.6. The number of likely N-dealkylation sites (tertiary alicyclic amines) is 1. The van der Waals surface area contributed by atoms with E-state index in [9.17, 15) is 14.3 Å². The maximum absolute atomic E-state index is 15.1. The van der Waals surface area contributed by atoms with Gasteiger partial charge in [0.05, 0.1) is 12.3 Å². The number of halogens is 2. The van der Waals surface area contributed by atoms with Crippen LogP contribution in [0.5, 0.6) is 5.75 Å². The van der Waals surface area contributed by atoms with Crippen molar-refractivity contribution in [2.45, 2.75) is 51.6 Å². The van der Waals surface area contributed by atoms with Crippen molar-refractivity contribution in [3.8, 4) is 17.0 Å². The van der Waals surface area contributed by atoms with Crippen LogP contribution >= 0.6 is 0 Å². The summed E-state index contributed by atoms with van der Waals surface area (Å²) >= 11 is 0. The topological polar surface area (TPSA) is 90.9 Å². The molecule has 0 saturated carbocycles. The molecule has 5 heterocycles. The molecule has 1 unspecified atom stereocenters. The van der Waals surface area contributed by atoms with Gasteiger partial charge in [-0.2, -0.15) is 0 Å². The SMILES string of the molecule is Cc1nc(C2CCN(CC3CCOC3)CC2)ccc1COc1c(F)cc(F)cc1-c1cccc(N2CCC(C(=O)[O-])CC2)n1. The molecule has 3 aliphatic rings. The Labute approximate surface area is 257 Å². The maximum atomic E-state index is 15.1. The van der Waals surface area contributed by atoms with Crippen LogP contribution in [0.15, 0.2) is 42.5 Å². The van der Waals surface area contributed by atoms with Gasteiger partial charge in [-0.25, -0.2) is 13.8 Å². The maximum Gasteiger partial charge on any atom is 0.168 e. The number of rotatable bonds is 9. The summed E-state index contributed by atoms with van der Waals surface area (Å²) in [6.07, 6.45) is 4.21. The largest absolute Gasteiger partial charge is 0.550 e. The summed E-state index contributed by atoms with van der Waals surface area (Å²) in [4.78, 5) is 25.3. The lowest BCUT2D eigenvalue weighted by molar-refractivity contribution is -0.312. The highest BCUT2D eigenvalue weighted by molar-refractivity contribution is 5.70. The molecule has 0 aliphatic carbocycles. The number of hydrogen-bond donors (Lipinski definition) is 0. The number of aliphatic carboxylic acids is 1. The van der Waals surface area contributed by atoms with Crippen molar-refractivity contribution >= 4 is 11.8 Å². The molecule has 3 aromatic rings. The summed E-state index contributed by atoms with van der Waals surface area (Å²) in [5, 5.41) is 11.2. The highest BCUT2D eigenvalue weighted by Crippen LogP contribution is 2.35. The molecule has 3 fully saturated rings. The van der Waals surface area contributed by atoms with E-state index in [1.807, 2.05) is 30.0 Å². The van der Waals surface area contributed by atoms with Gasteiger partial charge in [-0.05, 0) is 82.3 Å². The van der Waals surface area contributed by atoms with Gasteiger partial charge in [0, 0.05) is 72.6 Å².